The zero-order valence-corrected chi connectivity index (χ0v) is 12.3. The first-order chi connectivity index (χ1) is 8.69. The van der Waals surface area contributed by atoms with E-state index in [1.807, 2.05) is 4.72 Å². The third kappa shape index (κ3) is 3.73. The van der Waals surface area contributed by atoms with Crippen molar-refractivity contribution >= 4 is 39.2 Å². The lowest BCUT2D eigenvalue weighted by Gasteiger charge is -2.13. The van der Waals surface area contributed by atoms with Crippen LogP contribution in [0.25, 0.3) is 0 Å². The number of hydrogen-bond acceptors (Lipinski definition) is 4. The number of sulfonamides is 1. The van der Waals surface area contributed by atoms with Crippen LogP contribution in [-0.2, 0) is 14.8 Å². The highest BCUT2D eigenvalue weighted by molar-refractivity contribution is 7.89. The molecule has 0 amide bonds. The molecule has 106 valence electrons. The smallest absolute Gasteiger partial charge is 0.321 e. The molecular weight excluding hydrogens is 317 g/mol. The molecule has 2 N–H and O–H groups in total. The van der Waals surface area contributed by atoms with E-state index in [0.29, 0.717) is 0 Å². The second-order valence-electron chi connectivity index (χ2n) is 3.60. The maximum Gasteiger partial charge on any atom is 0.321 e. The third-order valence-corrected chi connectivity index (χ3v) is 4.50. The van der Waals surface area contributed by atoms with Gasteiger partial charge in [-0.15, -0.1) is 0 Å². The molecule has 1 atom stereocenters. The van der Waals surface area contributed by atoms with E-state index >= 15 is 0 Å². The van der Waals surface area contributed by atoms with Gasteiger partial charge in [0.1, 0.15) is 16.7 Å². The Morgan fingerprint density at radius 2 is 1.95 bits per heavy atom. The first-order valence-corrected chi connectivity index (χ1v) is 7.21. The Morgan fingerprint density at radius 3 is 2.42 bits per heavy atom. The summed E-state index contributed by atoms with van der Waals surface area (Å²) in [5, 5.41) is 8.62. The Bertz CT molecular complexity index is 602. The standard InChI is InChI=1S/C10H11Cl2NO5S/c1-5(10(14)15)13-19(16,17)9-4-6(11)8(18-2)3-7(9)12/h3-5,13H,1-2H3,(H,14,15)/t5-/m1/s1. The van der Waals surface area contributed by atoms with Crippen LogP contribution in [0.1, 0.15) is 6.92 Å². The molecule has 1 aromatic rings. The number of hydrogen-bond donors (Lipinski definition) is 2. The average Bonchev–Trinajstić information content (AvgIpc) is 2.30. The number of benzene rings is 1. The number of nitrogens with one attached hydrogen (secondary N) is 1. The average molecular weight is 328 g/mol. The van der Waals surface area contributed by atoms with Gasteiger partial charge in [0.2, 0.25) is 10.0 Å². The largest absolute Gasteiger partial charge is 0.495 e. The fraction of sp³-hybridized carbons (Fsp3) is 0.300. The van der Waals surface area contributed by atoms with E-state index in [1.165, 1.54) is 20.1 Å². The van der Waals surface area contributed by atoms with Crippen LogP contribution in [0, 0.1) is 0 Å². The summed E-state index contributed by atoms with van der Waals surface area (Å²) in [7, 11) is -2.73. The van der Waals surface area contributed by atoms with E-state index in [4.69, 9.17) is 33.0 Å². The van der Waals surface area contributed by atoms with E-state index < -0.39 is 22.0 Å². The molecule has 0 aliphatic heterocycles. The maximum absolute atomic E-state index is 12.0. The van der Waals surface area contributed by atoms with Crippen molar-refractivity contribution in [2.24, 2.45) is 0 Å². The summed E-state index contributed by atoms with van der Waals surface area (Å²) in [5.41, 5.74) is 0. The van der Waals surface area contributed by atoms with Gasteiger partial charge >= 0.3 is 5.97 Å². The zero-order valence-electron chi connectivity index (χ0n) is 9.98. The van der Waals surface area contributed by atoms with Crippen LogP contribution >= 0.6 is 23.2 Å². The van der Waals surface area contributed by atoms with Crippen LogP contribution in [0.2, 0.25) is 10.0 Å². The van der Waals surface area contributed by atoms with Gasteiger partial charge in [0.15, 0.2) is 0 Å². The van der Waals surface area contributed by atoms with Crippen molar-refractivity contribution in [3.63, 3.8) is 0 Å². The molecule has 6 nitrogen and oxygen atoms in total. The fourth-order valence-corrected chi connectivity index (χ4v) is 3.27. The molecule has 1 rings (SSSR count). The number of halogens is 2. The number of carboxylic acid groups (broad SMARTS) is 1. The normalized spacial score (nSPS) is 13.1. The van der Waals surface area contributed by atoms with Gasteiger partial charge in [-0.1, -0.05) is 23.2 Å². The van der Waals surface area contributed by atoms with E-state index in [1.54, 1.807) is 0 Å². The molecule has 0 aliphatic rings. The minimum absolute atomic E-state index is 0.0512. The van der Waals surface area contributed by atoms with Crippen molar-refractivity contribution in [2.75, 3.05) is 7.11 Å². The summed E-state index contributed by atoms with van der Waals surface area (Å²) in [4.78, 5) is 10.3. The molecular formula is C10H11Cl2NO5S. The van der Waals surface area contributed by atoms with Crippen LogP contribution < -0.4 is 9.46 Å². The lowest BCUT2D eigenvalue weighted by Crippen LogP contribution is -2.38. The summed E-state index contributed by atoms with van der Waals surface area (Å²) in [6.45, 7) is 1.19. The predicted molar refractivity (Wildman–Crippen MR) is 70.4 cm³/mol. The highest BCUT2D eigenvalue weighted by Crippen LogP contribution is 2.33. The highest BCUT2D eigenvalue weighted by atomic mass is 35.5. The van der Waals surface area contributed by atoms with Gasteiger partial charge in [-0.25, -0.2) is 8.42 Å². The van der Waals surface area contributed by atoms with Crippen molar-refractivity contribution in [3.05, 3.63) is 22.2 Å². The lowest BCUT2D eigenvalue weighted by atomic mass is 10.3. The third-order valence-electron chi connectivity index (χ3n) is 2.20. The Morgan fingerprint density at radius 1 is 1.37 bits per heavy atom. The lowest BCUT2D eigenvalue weighted by molar-refractivity contribution is -0.138. The molecule has 1 aromatic carbocycles. The van der Waals surface area contributed by atoms with Gasteiger partial charge in [-0.3, -0.25) is 4.79 Å². The van der Waals surface area contributed by atoms with Crippen LogP contribution in [0.4, 0.5) is 0 Å². The number of aliphatic carboxylic acids is 1. The zero-order chi connectivity index (χ0) is 14.8. The first-order valence-electron chi connectivity index (χ1n) is 4.97. The minimum atomic E-state index is -4.09. The molecule has 0 radical (unpaired) electrons. The molecule has 0 heterocycles. The summed E-state index contributed by atoms with van der Waals surface area (Å²) < 4.78 is 30.8. The summed E-state index contributed by atoms with van der Waals surface area (Å²) in [5.74, 6) is -1.09. The highest BCUT2D eigenvalue weighted by Gasteiger charge is 2.25. The van der Waals surface area contributed by atoms with Gasteiger partial charge in [0, 0.05) is 6.07 Å². The Kier molecular flexibility index (Phi) is 5.03. The van der Waals surface area contributed by atoms with Crippen molar-refractivity contribution in [2.45, 2.75) is 17.9 Å². The van der Waals surface area contributed by atoms with Crippen LogP contribution in [0.5, 0.6) is 5.75 Å². The number of rotatable bonds is 5. The van der Waals surface area contributed by atoms with E-state index in [9.17, 15) is 13.2 Å². The Hall–Kier alpha value is -1.02. The summed E-state index contributed by atoms with van der Waals surface area (Å²) >= 11 is 11.6. The number of carbonyl (C=O) groups is 1. The van der Waals surface area contributed by atoms with Gasteiger partial charge < -0.3 is 9.84 Å². The molecule has 0 unspecified atom stereocenters. The molecule has 0 bridgehead atoms. The predicted octanol–water partition coefficient (Wildman–Crippen LogP) is 1.75. The molecule has 0 fully saturated rings. The molecule has 0 saturated heterocycles. The van der Waals surface area contributed by atoms with Gasteiger partial charge in [0.05, 0.1) is 17.2 Å². The number of ether oxygens (including phenoxy) is 1. The molecule has 0 aliphatic carbocycles. The van der Waals surface area contributed by atoms with Gasteiger partial charge in [-0.2, -0.15) is 4.72 Å². The van der Waals surface area contributed by atoms with Crippen molar-refractivity contribution in [3.8, 4) is 5.75 Å². The minimum Gasteiger partial charge on any atom is -0.495 e. The number of methoxy groups -OCH3 is 1. The Balaban J connectivity index is 3.22. The second-order valence-corrected chi connectivity index (χ2v) is 6.10. The topological polar surface area (TPSA) is 92.7 Å². The number of carboxylic acids is 1. The monoisotopic (exact) mass is 327 g/mol. The van der Waals surface area contributed by atoms with Crippen LogP contribution in [0.15, 0.2) is 17.0 Å². The molecule has 0 saturated carbocycles. The molecule has 9 heteroatoms. The van der Waals surface area contributed by atoms with Crippen LogP contribution in [-0.4, -0.2) is 32.6 Å². The molecule has 0 spiro atoms. The van der Waals surface area contributed by atoms with Crippen molar-refractivity contribution in [1.82, 2.24) is 4.72 Å². The van der Waals surface area contributed by atoms with Crippen molar-refractivity contribution in [1.29, 1.82) is 0 Å². The fourth-order valence-electron chi connectivity index (χ4n) is 1.22. The summed E-state index contributed by atoms with van der Waals surface area (Å²) in [6.07, 6.45) is 0. The first kappa shape index (κ1) is 16.0. The molecule has 19 heavy (non-hydrogen) atoms. The Labute approximate surface area is 120 Å². The molecule has 0 aromatic heterocycles. The van der Waals surface area contributed by atoms with Crippen molar-refractivity contribution < 1.29 is 23.1 Å². The second kappa shape index (κ2) is 5.96. The quantitative estimate of drug-likeness (QED) is 0.859. The van der Waals surface area contributed by atoms with E-state index in [2.05, 4.69) is 0 Å². The maximum atomic E-state index is 12.0. The van der Waals surface area contributed by atoms with E-state index in [0.717, 1.165) is 6.07 Å². The summed E-state index contributed by atoms with van der Waals surface area (Å²) in [6, 6.07) is 1.05. The SMILES string of the molecule is COc1cc(Cl)c(S(=O)(=O)N[C@H](C)C(=O)O)cc1Cl. The van der Waals surface area contributed by atoms with Gasteiger partial charge in [-0.05, 0) is 13.0 Å². The van der Waals surface area contributed by atoms with E-state index in [-0.39, 0.29) is 20.7 Å². The van der Waals surface area contributed by atoms with Crippen LogP contribution in [0.3, 0.4) is 0 Å². The van der Waals surface area contributed by atoms with Gasteiger partial charge in [0.25, 0.3) is 0 Å².